The zero-order valence-corrected chi connectivity index (χ0v) is 13.2. The van der Waals surface area contributed by atoms with Crippen LogP contribution in [0, 0.1) is 29.1 Å². The number of Topliss-reactive ketones (excluding diaryl/α,β-unsaturated/α-hetero) is 1. The van der Waals surface area contributed by atoms with Crippen LogP contribution < -0.4 is 0 Å². The Balaban J connectivity index is 2.18. The van der Waals surface area contributed by atoms with E-state index in [0.29, 0.717) is 17.1 Å². The van der Waals surface area contributed by atoms with Crippen LogP contribution in [0.2, 0.25) is 0 Å². The Morgan fingerprint density at radius 2 is 2.05 bits per heavy atom. The number of carbonyl (C=O) groups is 1. The molecular formula is C18H30O. The first-order chi connectivity index (χ1) is 8.84. The van der Waals surface area contributed by atoms with E-state index in [1.165, 1.54) is 24.8 Å². The minimum absolute atomic E-state index is 0.277. The van der Waals surface area contributed by atoms with Gasteiger partial charge in [-0.1, -0.05) is 32.8 Å². The Labute approximate surface area is 118 Å². The van der Waals surface area contributed by atoms with Gasteiger partial charge in [-0.05, 0) is 55.8 Å². The summed E-state index contributed by atoms with van der Waals surface area (Å²) in [6, 6.07) is 0. The molecule has 1 nitrogen and oxygen atoms in total. The van der Waals surface area contributed by atoms with E-state index >= 15 is 0 Å². The van der Waals surface area contributed by atoms with Gasteiger partial charge in [-0.2, -0.15) is 0 Å². The fourth-order valence-electron chi connectivity index (χ4n) is 4.83. The van der Waals surface area contributed by atoms with Gasteiger partial charge in [-0.25, -0.2) is 0 Å². The molecule has 0 aromatic carbocycles. The summed E-state index contributed by atoms with van der Waals surface area (Å²) in [5, 5.41) is 0. The standard InChI is InChI=1S/C18H30O/c1-12(2)6-9-16-13(3)7-8-15-10-17(19)14(4)11-18(15,16)5/h13-16H,1,6-11H2,2-5H3/t13-,14-,15+,16+,18+/m0/s1. The first-order valence-corrected chi connectivity index (χ1v) is 8.01. The summed E-state index contributed by atoms with van der Waals surface area (Å²) < 4.78 is 0. The summed E-state index contributed by atoms with van der Waals surface area (Å²) in [6.45, 7) is 13.2. The highest BCUT2D eigenvalue weighted by Gasteiger charge is 2.50. The quantitative estimate of drug-likeness (QED) is 0.653. The molecule has 0 saturated heterocycles. The van der Waals surface area contributed by atoms with Crippen LogP contribution in [0.25, 0.3) is 0 Å². The SMILES string of the molecule is C=C(C)CC[C@@H]1[C@@H](C)CC[C@@H]2CC(=O)[C@@H](C)C[C@]21C. The third kappa shape index (κ3) is 2.80. The van der Waals surface area contributed by atoms with Crippen LogP contribution in [0.5, 0.6) is 0 Å². The molecule has 2 saturated carbocycles. The number of allylic oxidation sites excluding steroid dienone is 1. The van der Waals surface area contributed by atoms with Crippen LogP contribution in [0.4, 0.5) is 0 Å². The molecule has 2 fully saturated rings. The Hall–Kier alpha value is -0.590. The molecule has 0 aromatic rings. The molecule has 0 bridgehead atoms. The van der Waals surface area contributed by atoms with Gasteiger partial charge >= 0.3 is 0 Å². The van der Waals surface area contributed by atoms with Crippen molar-refractivity contribution in [3.63, 3.8) is 0 Å². The van der Waals surface area contributed by atoms with Crippen LogP contribution in [-0.4, -0.2) is 5.78 Å². The molecule has 5 atom stereocenters. The molecular weight excluding hydrogens is 232 g/mol. The molecule has 0 amide bonds. The van der Waals surface area contributed by atoms with Gasteiger partial charge in [0.05, 0.1) is 0 Å². The van der Waals surface area contributed by atoms with Crippen molar-refractivity contribution in [1.82, 2.24) is 0 Å². The second kappa shape index (κ2) is 5.42. The number of fused-ring (bicyclic) bond motifs is 1. The van der Waals surface area contributed by atoms with Gasteiger partial charge in [0.25, 0.3) is 0 Å². The highest BCUT2D eigenvalue weighted by molar-refractivity contribution is 5.82. The van der Waals surface area contributed by atoms with E-state index in [-0.39, 0.29) is 5.92 Å². The molecule has 2 rings (SSSR count). The zero-order valence-electron chi connectivity index (χ0n) is 13.2. The molecule has 0 aromatic heterocycles. The van der Waals surface area contributed by atoms with Gasteiger partial charge in [-0.3, -0.25) is 4.79 Å². The predicted molar refractivity (Wildman–Crippen MR) is 80.9 cm³/mol. The van der Waals surface area contributed by atoms with Gasteiger partial charge in [0, 0.05) is 12.3 Å². The Kier molecular flexibility index (Phi) is 4.23. The topological polar surface area (TPSA) is 17.1 Å². The molecule has 0 heterocycles. The number of hydrogen-bond acceptors (Lipinski definition) is 1. The summed E-state index contributed by atoms with van der Waals surface area (Å²) >= 11 is 0. The maximum atomic E-state index is 12.0. The summed E-state index contributed by atoms with van der Waals surface area (Å²) in [5.41, 5.74) is 1.69. The van der Waals surface area contributed by atoms with E-state index in [9.17, 15) is 4.79 Å². The average Bonchev–Trinajstić information content (AvgIpc) is 2.30. The maximum Gasteiger partial charge on any atom is 0.136 e. The summed E-state index contributed by atoms with van der Waals surface area (Å²) in [6.07, 6.45) is 6.95. The average molecular weight is 262 g/mol. The van der Waals surface area contributed by atoms with Crippen molar-refractivity contribution >= 4 is 5.78 Å². The van der Waals surface area contributed by atoms with Crippen LogP contribution in [0.3, 0.4) is 0 Å². The van der Waals surface area contributed by atoms with E-state index in [1.54, 1.807) is 0 Å². The van der Waals surface area contributed by atoms with Gasteiger partial charge < -0.3 is 0 Å². The van der Waals surface area contributed by atoms with Crippen molar-refractivity contribution in [3.05, 3.63) is 12.2 Å². The number of carbonyl (C=O) groups excluding carboxylic acids is 1. The van der Waals surface area contributed by atoms with Crippen molar-refractivity contribution in [1.29, 1.82) is 0 Å². The first-order valence-electron chi connectivity index (χ1n) is 8.01. The predicted octanol–water partition coefficient (Wildman–Crippen LogP) is 5.01. The lowest BCUT2D eigenvalue weighted by Crippen LogP contribution is -2.48. The zero-order chi connectivity index (χ0) is 14.2. The molecule has 108 valence electrons. The highest BCUT2D eigenvalue weighted by atomic mass is 16.1. The molecule has 1 heteroatoms. The van der Waals surface area contributed by atoms with Crippen LogP contribution in [0.15, 0.2) is 12.2 Å². The molecule has 0 N–H and O–H groups in total. The van der Waals surface area contributed by atoms with E-state index in [1.807, 2.05) is 0 Å². The monoisotopic (exact) mass is 262 g/mol. The van der Waals surface area contributed by atoms with Gasteiger partial charge in [-0.15, -0.1) is 6.58 Å². The van der Waals surface area contributed by atoms with E-state index < -0.39 is 0 Å². The normalized spacial score (nSPS) is 42.8. The Morgan fingerprint density at radius 1 is 1.37 bits per heavy atom. The summed E-state index contributed by atoms with van der Waals surface area (Å²) in [5.74, 6) is 3.01. The third-order valence-electron chi connectivity index (χ3n) is 6.06. The smallest absolute Gasteiger partial charge is 0.136 e. The molecule has 19 heavy (non-hydrogen) atoms. The minimum atomic E-state index is 0.277. The lowest BCUT2D eigenvalue weighted by Gasteiger charge is -2.54. The van der Waals surface area contributed by atoms with Crippen LogP contribution in [-0.2, 0) is 4.79 Å². The van der Waals surface area contributed by atoms with Crippen molar-refractivity contribution in [2.24, 2.45) is 29.1 Å². The maximum absolute atomic E-state index is 12.0. The molecule has 2 aliphatic rings. The van der Waals surface area contributed by atoms with Crippen LogP contribution >= 0.6 is 0 Å². The second-order valence-electron chi connectivity index (χ2n) is 7.64. The van der Waals surface area contributed by atoms with Crippen molar-refractivity contribution in [3.8, 4) is 0 Å². The highest BCUT2D eigenvalue weighted by Crippen LogP contribution is 2.57. The van der Waals surface area contributed by atoms with Crippen molar-refractivity contribution in [2.75, 3.05) is 0 Å². The Bertz CT molecular complexity index is 370. The van der Waals surface area contributed by atoms with Gasteiger partial charge in [0.2, 0.25) is 0 Å². The van der Waals surface area contributed by atoms with Gasteiger partial charge in [0.15, 0.2) is 0 Å². The van der Waals surface area contributed by atoms with Crippen molar-refractivity contribution < 1.29 is 4.79 Å². The van der Waals surface area contributed by atoms with E-state index in [0.717, 1.165) is 31.1 Å². The lowest BCUT2D eigenvalue weighted by molar-refractivity contribution is -0.136. The fraction of sp³-hybridized carbons (Fsp3) is 0.833. The molecule has 0 spiro atoms. The molecule has 0 radical (unpaired) electrons. The third-order valence-corrected chi connectivity index (χ3v) is 6.06. The number of hydrogen-bond donors (Lipinski definition) is 0. The van der Waals surface area contributed by atoms with Crippen LogP contribution in [0.1, 0.15) is 66.2 Å². The number of ketones is 1. The lowest BCUT2D eigenvalue weighted by atomic mass is 9.50. The number of rotatable bonds is 3. The molecule has 0 aliphatic heterocycles. The van der Waals surface area contributed by atoms with Gasteiger partial charge in [0.1, 0.15) is 5.78 Å². The Morgan fingerprint density at radius 3 is 2.68 bits per heavy atom. The first kappa shape index (κ1) is 14.8. The van der Waals surface area contributed by atoms with Crippen molar-refractivity contribution in [2.45, 2.75) is 66.2 Å². The van der Waals surface area contributed by atoms with E-state index in [2.05, 4.69) is 34.3 Å². The second-order valence-corrected chi connectivity index (χ2v) is 7.64. The summed E-state index contributed by atoms with van der Waals surface area (Å²) in [4.78, 5) is 12.0. The summed E-state index contributed by atoms with van der Waals surface area (Å²) in [7, 11) is 0. The molecule has 2 aliphatic carbocycles. The molecule has 0 unspecified atom stereocenters. The minimum Gasteiger partial charge on any atom is -0.299 e. The fourth-order valence-corrected chi connectivity index (χ4v) is 4.83. The van der Waals surface area contributed by atoms with E-state index in [4.69, 9.17) is 0 Å². The largest absolute Gasteiger partial charge is 0.299 e.